The van der Waals surface area contributed by atoms with Gasteiger partial charge < -0.3 is 15.2 Å². The Morgan fingerprint density at radius 1 is 1.44 bits per heavy atom. The molecule has 0 bridgehead atoms. The molecular weight excluding hydrogens is 344 g/mol. The van der Waals surface area contributed by atoms with Crippen LogP contribution in [0.1, 0.15) is 37.7 Å². The molecule has 0 saturated carbocycles. The highest BCUT2D eigenvalue weighted by atomic mass is 32.1. The number of carbonyl (C=O) groups is 2. The van der Waals surface area contributed by atoms with E-state index >= 15 is 0 Å². The van der Waals surface area contributed by atoms with Gasteiger partial charge >= 0.3 is 5.97 Å². The molecule has 0 aliphatic carbocycles. The number of thiazole rings is 1. The lowest BCUT2D eigenvalue weighted by atomic mass is 10.1. The maximum atomic E-state index is 12.3. The zero-order chi connectivity index (χ0) is 18.6. The molecule has 2 aromatic heterocycles. The zero-order valence-corrected chi connectivity index (χ0v) is 15.5. The van der Waals surface area contributed by atoms with Crippen LogP contribution in [0.2, 0.25) is 0 Å². The Balaban J connectivity index is 1.99. The Hall–Kier alpha value is -2.26. The van der Waals surface area contributed by atoms with Gasteiger partial charge in [0, 0.05) is 37.2 Å². The van der Waals surface area contributed by atoms with Gasteiger partial charge in [-0.25, -0.2) is 9.78 Å². The smallest absolute Gasteiger partial charge is 0.326 e. The fourth-order valence-electron chi connectivity index (χ4n) is 2.01. The van der Waals surface area contributed by atoms with Crippen LogP contribution < -0.4 is 5.32 Å². The van der Waals surface area contributed by atoms with Crippen LogP contribution in [-0.4, -0.2) is 50.0 Å². The molecule has 1 amide bonds. The van der Waals surface area contributed by atoms with Crippen molar-refractivity contribution in [1.82, 2.24) is 20.1 Å². The minimum Gasteiger partial charge on any atom is -0.480 e. The highest BCUT2D eigenvalue weighted by Crippen LogP contribution is 2.23. The molecule has 0 spiro atoms. The molecule has 25 heavy (non-hydrogen) atoms. The number of aliphatic carboxylic acids is 1. The number of carboxylic acids is 1. The average molecular weight is 366 g/mol. The minimum atomic E-state index is -1.10. The van der Waals surface area contributed by atoms with Crippen LogP contribution in [0.15, 0.2) is 17.8 Å². The van der Waals surface area contributed by atoms with Gasteiger partial charge in [-0.05, 0) is 20.8 Å². The summed E-state index contributed by atoms with van der Waals surface area (Å²) in [5, 5.41) is 18.1. The third-order valence-electron chi connectivity index (χ3n) is 3.23. The molecule has 1 unspecified atom stereocenters. The highest BCUT2D eigenvalue weighted by molar-refractivity contribution is 7.13. The highest BCUT2D eigenvalue weighted by Gasteiger charge is 2.23. The van der Waals surface area contributed by atoms with Crippen molar-refractivity contribution in [2.45, 2.75) is 38.8 Å². The summed E-state index contributed by atoms with van der Waals surface area (Å²) in [5.74, 6) is -1.62. The van der Waals surface area contributed by atoms with Crippen LogP contribution in [0, 0.1) is 0 Å². The van der Waals surface area contributed by atoms with Gasteiger partial charge in [-0.1, -0.05) is 0 Å². The van der Waals surface area contributed by atoms with Gasteiger partial charge in [0.1, 0.15) is 16.7 Å². The number of aryl methyl sites for hydroxylation is 1. The maximum Gasteiger partial charge on any atom is 0.326 e. The Morgan fingerprint density at radius 3 is 2.72 bits per heavy atom. The third kappa shape index (κ3) is 5.64. The van der Waals surface area contributed by atoms with E-state index in [1.807, 2.05) is 20.8 Å². The fraction of sp³-hybridized carbons (Fsp3) is 0.500. The molecule has 0 radical (unpaired) electrons. The van der Waals surface area contributed by atoms with Crippen LogP contribution in [0.3, 0.4) is 0 Å². The molecule has 0 aliphatic rings. The molecule has 0 aromatic carbocycles. The zero-order valence-electron chi connectivity index (χ0n) is 14.6. The lowest BCUT2D eigenvalue weighted by molar-refractivity contribution is -0.140. The van der Waals surface area contributed by atoms with Crippen LogP contribution >= 0.6 is 11.3 Å². The van der Waals surface area contributed by atoms with Crippen LogP contribution in [-0.2, 0) is 16.6 Å². The number of carbonyl (C=O) groups excluding carboxylic acids is 1. The van der Waals surface area contributed by atoms with Gasteiger partial charge in [0.15, 0.2) is 0 Å². The normalized spacial score (nSPS) is 12.8. The maximum absolute atomic E-state index is 12.3. The lowest BCUT2D eigenvalue weighted by Gasteiger charge is -2.21. The molecule has 8 nitrogen and oxygen atoms in total. The number of hydrogen-bond acceptors (Lipinski definition) is 6. The molecule has 2 N–H and O–H groups in total. The standard InChI is InChI=1S/C16H22N4O4S/c1-16(2,3)24-6-5-11(15(22)23)18-13(21)12-9-25-14(19-12)10-7-17-20(4)8-10/h7-9,11H,5-6H2,1-4H3,(H,18,21)(H,22,23). The minimum absolute atomic E-state index is 0.179. The molecule has 0 saturated heterocycles. The van der Waals surface area contributed by atoms with Crippen LogP contribution in [0.25, 0.3) is 10.6 Å². The van der Waals surface area contributed by atoms with Crippen molar-refractivity contribution in [2.24, 2.45) is 7.05 Å². The monoisotopic (exact) mass is 366 g/mol. The first-order valence-electron chi connectivity index (χ1n) is 7.78. The van der Waals surface area contributed by atoms with Crippen molar-refractivity contribution in [3.05, 3.63) is 23.5 Å². The number of aromatic nitrogens is 3. The summed E-state index contributed by atoms with van der Waals surface area (Å²) >= 11 is 1.30. The van der Waals surface area contributed by atoms with Crippen molar-refractivity contribution in [3.63, 3.8) is 0 Å². The lowest BCUT2D eigenvalue weighted by Crippen LogP contribution is -2.42. The Kier molecular flexibility index (Phi) is 5.91. The summed E-state index contributed by atoms with van der Waals surface area (Å²) in [6.45, 7) is 5.89. The topological polar surface area (TPSA) is 106 Å². The second-order valence-electron chi connectivity index (χ2n) is 6.55. The van der Waals surface area contributed by atoms with Gasteiger partial charge in [-0.15, -0.1) is 11.3 Å². The molecule has 2 aromatic rings. The van der Waals surface area contributed by atoms with Crippen molar-refractivity contribution >= 4 is 23.2 Å². The number of carboxylic acid groups (broad SMARTS) is 1. The Labute approximate surface area is 149 Å². The number of ether oxygens (including phenoxy) is 1. The molecule has 1 atom stereocenters. The molecule has 136 valence electrons. The second-order valence-corrected chi connectivity index (χ2v) is 7.41. The van der Waals surface area contributed by atoms with Gasteiger partial charge in [-0.2, -0.15) is 5.10 Å². The van der Waals surface area contributed by atoms with E-state index in [9.17, 15) is 14.7 Å². The molecule has 2 heterocycles. The number of rotatable bonds is 7. The first-order chi connectivity index (χ1) is 11.7. The quantitative estimate of drug-likeness (QED) is 0.775. The van der Waals surface area contributed by atoms with E-state index in [4.69, 9.17) is 4.74 Å². The predicted molar refractivity (Wildman–Crippen MR) is 93.5 cm³/mol. The van der Waals surface area contributed by atoms with E-state index in [0.717, 1.165) is 5.56 Å². The van der Waals surface area contributed by atoms with Gasteiger partial charge in [0.05, 0.1) is 11.8 Å². The van der Waals surface area contributed by atoms with Crippen molar-refractivity contribution in [3.8, 4) is 10.6 Å². The van der Waals surface area contributed by atoms with E-state index in [2.05, 4.69) is 15.4 Å². The largest absolute Gasteiger partial charge is 0.480 e. The Bertz CT molecular complexity index is 747. The van der Waals surface area contributed by atoms with E-state index in [-0.39, 0.29) is 24.3 Å². The van der Waals surface area contributed by atoms with Gasteiger partial charge in [0.25, 0.3) is 5.91 Å². The van der Waals surface area contributed by atoms with Crippen LogP contribution in [0.5, 0.6) is 0 Å². The molecule has 0 aliphatic heterocycles. The summed E-state index contributed by atoms with van der Waals surface area (Å²) in [7, 11) is 1.79. The number of nitrogens with one attached hydrogen (secondary N) is 1. The predicted octanol–water partition coefficient (Wildman–Crippen LogP) is 1.93. The second kappa shape index (κ2) is 7.75. The molecule has 2 rings (SSSR count). The number of hydrogen-bond donors (Lipinski definition) is 2. The van der Waals surface area contributed by atoms with E-state index in [1.165, 1.54) is 11.3 Å². The summed E-state index contributed by atoms with van der Waals surface area (Å²) in [6.07, 6.45) is 3.63. The number of amides is 1. The van der Waals surface area contributed by atoms with E-state index in [1.54, 1.807) is 29.5 Å². The number of nitrogens with zero attached hydrogens (tertiary/aromatic N) is 3. The average Bonchev–Trinajstić information content (AvgIpc) is 3.13. The van der Waals surface area contributed by atoms with E-state index in [0.29, 0.717) is 5.01 Å². The fourth-order valence-corrected chi connectivity index (χ4v) is 2.79. The summed E-state index contributed by atoms with van der Waals surface area (Å²) in [4.78, 5) is 27.9. The first-order valence-corrected chi connectivity index (χ1v) is 8.66. The Morgan fingerprint density at radius 2 is 2.16 bits per heavy atom. The molecule has 0 fully saturated rings. The summed E-state index contributed by atoms with van der Waals surface area (Å²) in [6, 6.07) is -1.03. The van der Waals surface area contributed by atoms with Crippen molar-refractivity contribution in [2.75, 3.05) is 6.61 Å². The first kappa shape index (κ1) is 19.1. The van der Waals surface area contributed by atoms with Crippen LogP contribution in [0.4, 0.5) is 0 Å². The molecular formula is C16H22N4O4S. The summed E-state index contributed by atoms with van der Waals surface area (Å²) < 4.78 is 7.17. The molecule has 9 heteroatoms. The third-order valence-corrected chi connectivity index (χ3v) is 4.13. The van der Waals surface area contributed by atoms with E-state index < -0.39 is 17.9 Å². The van der Waals surface area contributed by atoms with Gasteiger partial charge in [-0.3, -0.25) is 9.48 Å². The van der Waals surface area contributed by atoms with Crippen molar-refractivity contribution < 1.29 is 19.4 Å². The van der Waals surface area contributed by atoms with Gasteiger partial charge in [0.2, 0.25) is 0 Å². The van der Waals surface area contributed by atoms with Crippen molar-refractivity contribution in [1.29, 1.82) is 0 Å². The summed E-state index contributed by atoms with van der Waals surface area (Å²) in [5.41, 5.74) is 0.632. The SMILES string of the molecule is Cn1cc(-c2nc(C(=O)NC(CCOC(C)(C)C)C(=O)O)cs2)cn1.